The number of fused-ring (bicyclic) bond motifs is 1. The van der Waals surface area contributed by atoms with Crippen molar-refractivity contribution in [2.75, 3.05) is 26.4 Å². The SMILES string of the molecule is NC(=O)CN1CCC(NCCCc2ccc3c(c2)OCO3)C1c1nc(-n2ccnc2)ns1. The fourth-order valence-electron chi connectivity index (χ4n) is 4.28. The van der Waals surface area contributed by atoms with Gasteiger partial charge in [-0.1, -0.05) is 6.07 Å². The summed E-state index contributed by atoms with van der Waals surface area (Å²) >= 11 is 1.36. The van der Waals surface area contributed by atoms with Crippen molar-refractivity contribution in [3.05, 3.63) is 47.5 Å². The van der Waals surface area contributed by atoms with E-state index in [0.29, 0.717) is 12.7 Å². The zero-order valence-corrected chi connectivity index (χ0v) is 18.3. The number of aromatic nitrogens is 4. The molecule has 3 N–H and O–H groups in total. The highest BCUT2D eigenvalue weighted by molar-refractivity contribution is 7.05. The average molecular weight is 456 g/mol. The third-order valence-corrected chi connectivity index (χ3v) is 6.54. The molecule has 0 aliphatic carbocycles. The number of carbonyl (C=O) groups is 1. The lowest BCUT2D eigenvalue weighted by Crippen LogP contribution is -2.39. The molecule has 2 aliphatic rings. The number of nitrogens with zero attached hydrogens (tertiary/aromatic N) is 5. The molecule has 10 nitrogen and oxygen atoms in total. The van der Waals surface area contributed by atoms with Crippen LogP contribution in [0.2, 0.25) is 0 Å². The molecule has 1 saturated heterocycles. The summed E-state index contributed by atoms with van der Waals surface area (Å²) < 4.78 is 17.1. The number of carbonyl (C=O) groups excluding carboxylic acids is 1. The van der Waals surface area contributed by atoms with Crippen molar-refractivity contribution in [2.45, 2.75) is 31.3 Å². The third kappa shape index (κ3) is 4.45. The molecule has 2 aromatic heterocycles. The third-order valence-electron chi connectivity index (χ3n) is 5.77. The van der Waals surface area contributed by atoms with Gasteiger partial charge in [0, 0.05) is 25.0 Å². The van der Waals surface area contributed by atoms with Gasteiger partial charge >= 0.3 is 0 Å². The molecule has 32 heavy (non-hydrogen) atoms. The van der Waals surface area contributed by atoms with Gasteiger partial charge in [0.25, 0.3) is 0 Å². The summed E-state index contributed by atoms with van der Waals surface area (Å²) in [6, 6.07) is 6.23. The van der Waals surface area contributed by atoms with Gasteiger partial charge in [0.1, 0.15) is 11.3 Å². The van der Waals surface area contributed by atoms with Crippen molar-refractivity contribution >= 4 is 17.4 Å². The lowest BCUT2D eigenvalue weighted by molar-refractivity contribution is -0.119. The lowest BCUT2D eigenvalue weighted by atomic mass is 10.1. The fraction of sp³-hybridized carbons (Fsp3) is 0.429. The topological polar surface area (TPSA) is 120 Å². The number of nitrogens with one attached hydrogen (secondary N) is 1. The van der Waals surface area contributed by atoms with Crippen molar-refractivity contribution < 1.29 is 14.3 Å². The van der Waals surface area contributed by atoms with Gasteiger partial charge in [-0.05, 0) is 55.0 Å². The second-order valence-electron chi connectivity index (χ2n) is 7.92. The fourth-order valence-corrected chi connectivity index (χ4v) is 5.14. The van der Waals surface area contributed by atoms with Crippen LogP contribution in [0.3, 0.4) is 0 Å². The lowest BCUT2D eigenvalue weighted by Gasteiger charge is -2.25. The van der Waals surface area contributed by atoms with Crippen molar-refractivity contribution in [3.63, 3.8) is 0 Å². The summed E-state index contributed by atoms with van der Waals surface area (Å²) in [4.78, 5) is 22.5. The van der Waals surface area contributed by atoms with Crippen LogP contribution in [-0.4, -0.2) is 62.2 Å². The second-order valence-corrected chi connectivity index (χ2v) is 8.71. The quantitative estimate of drug-likeness (QED) is 0.463. The molecule has 0 bridgehead atoms. The summed E-state index contributed by atoms with van der Waals surface area (Å²) in [7, 11) is 0. The predicted octanol–water partition coefficient (Wildman–Crippen LogP) is 1.28. The van der Waals surface area contributed by atoms with Crippen LogP contribution in [0, 0.1) is 0 Å². The highest BCUT2D eigenvalue weighted by atomic mass is 32.1. The second kappa shape index (κ2) is 9.23. The van der Waals surface area contributed by atoms with Crippen LogP contribution in [-0.2, 0) is 11.2 Å². The molecule has 11 heteroatoms. The van der Waals surface area contributed by atoms with E-state index in [4.69, 9.17) is 20.2 Å². The largest absolute Gasteiger partial charge is 0.454 e. The minimum Gasteiger partial charge on any atom is -0.454 e. The number of rotatable bonds is 9. The normalized spacial score (nSPS) is 20.1. The maximum atomic E-state index is 11.6. The minimum atomic E-state index is -0.335. The standard InChI is InChI=1S/C21H25N7O3S/c22-18(29)11-27-8-5-15(19(27)20-25-21(26-32-20)28-9-7-23-12-28)24-6-1-2-14-3-4-16-17(10-14)31-13-30-16/h3-4,7,9-10,12,15,19,24H,1-2,5-6,8,11,13H2,(H2,22,29). The van der Waals surface area contributed by atoms with Crippen molar-refractivity contribution in [1.82, 2.24) is 29.1 Å². The number of hydrogen-bond acceptors (Lipinski definition) is 9. The Bertz CT molecular complexity index is 1070. The van der Waals surface area contributed by atoms with Gasteiger partial charge in [-0.3, -0.25) is 14.3 Å². The van der Waals surface area contributed by atoms with Crippen LogP contribution in [0.25, 0.3) is 5.95 Å². The molecule has 5 rings (SSSR count). The molecular weight excluding hydrogens is 430 g/mol. The van der Waals surface area contributed by atoms with Gasteiger partial charge in [-0.15, -0.1) is 0 Å². The maximum Gasteiger partial charge on any atom is 0.246 e. The number of amides is 1. The number of primary amides is 1. The molecule has 0 saturated carbocycles. The van der Waals surface area contributed by atoms with Crippen LogP contribution in [0.15, 0.2) is 36.9 Å². The molecule has 2 atom stereocenters. The summed E-state index contributed by atoms with van der Waals surface area (Å²) in [6.45, 7) is 2.14. The Morgan fingerprint density at radius 1 is 1.31 bits per heavy atom. The van der Waals surface area contributed by atoms with Crippen molar-refractivity contribution in [2.24, 2.45) is 5.73 Å². The Labute approximate surface area is 189 Å². The summed E-state index contributed by atoms with van der Waals surface area (Å²) in [6.07, 6.45) is 8.02. The van der Waals surface area contributed by atoms with E-state index in [9.17, 15) is 4.79 Å². The molecule has 2 unspecified atom stereocenters. The predicted molar refractivity (Wildman–Crippen MR) is 118 cm³/mol. The summed E-state index contributed by atoms with van der Waals surface area (Å²) in [5, 5.41) is 4.55. The Hall–Kier alpha value is -3.02. The van der Waals surface area contributed by atoms with Gasteiger partial charge in [0.2, 0.25) is 18.6 Å². The molecule has 1 amide bonds. The Morgan fingerprint density at radius 2 is 2.22 bits per heavy atom. The Morgan fingerprint density at radius 3 is 3.06 bits per heavy atom. The van der Waals surface area contributed by atoms with Gasteiger partial charge in [-0.25, -0.2) is 9.97 Å². The van der Waals surface area contributed by atoms with Crippen LogP contribution < -0.4 is 20.5 Å². The number of hydrogen-bond donors (Lipinski definition) is 2. The smallest absolute Gasteiger partial charge is 0.246 e. The molecule has 0 spiro atoms. The van der Waals surface area contributed by atoms with Gasteiger partial charge in [-0.2, -0.15) is 4.37 Å². The van der Waals surface area contributed by atoms with E-state index in [1.165, 1.54) is 17.1 Å². The van der Waals surface area contributed by atoms with E-state index < -0.39 is 0 Å². The van der Waals surface area contributed by atoms with Gasteiger partial charge in [0.05, 0.1) is 12.6 Å². The van der Waals surface area contributed by atoms with Crippen LogP contribution in [0.5, 0.6) is 11.5 Å². The zero-order valence-electron chi connectivity index (χ0n) is 17.5. The first kappa shape index (κ1) is 20.9. The molecule has 2 aliphatic heterocycles. The minimum absolute atomic E-state index is 0.0391. The molecule has 1 aromatic carbocycles. The molecule has 3 aromatic rings. The molecular formula is C21H25N7O3S. The summed E-state index contributed by atoms with van der Waals surface area (Å²) in [5.74, 6) is 1.88. The molecule has 4 heterocycles. The Kier molecular flexibility index (Phi) is 6.02. The molecule has 1 fully saturated rings. The van der Waals surface area contributed by atoms with Crippen LogP contribution >= 0.6 is 11.5 Å². The van der Waals surface area contributed by atoms with E-state index >= 15 is 0 Å². The molecule has 168 valence electrons. The number of likely N-dealkylation sites (tertiary alicyclic amines) is 1. The van der Waals surface area contributed by atoms with Crippen molar-refractivity contribution in [1.29, 1.82) is 0 Å². The first-order valence-corrected chi connectivity index (χ1v) is 11.4. The first-order chi connectivity index (χ1) is 15.7. The van der Waals surface area contributed by atoms with E-state index in [1.54, 1.807) is 17.1 Å². The van der Waals surface area contributed by atoms with Gasteiger partial charge < -0.3 is 20.5 Å². The van der Waals surface area contributed by atoms with E-state index in [2.05, 4.69) is 25.6 Å². The number of ether oxygens (including phenoxy) is 2. The number of aryl methyl sites for hydroxylation is 1. The highest BCUT2D eigenvalue weighted by Crippen LogP contribution is 2.34. The monoisotopic (exact) mass is 455 g/mol. The van der Waals surface area contributed by atoms with Crippen LogP contribution in [0.1, 0.15) is 29.5 Å². The average Bonchev–Trinajstić information content (AvgIpc) is 3.57. The van der Waals surface area contributed by atoms with Crippen LogP contribution in [0.4, 0.5) is 0 Å². The van der Waals surface area contributed by atoms with E-state index in [-0.39, 0.29) is 24.5 Å². The Balaban J connectivity index is 1.22. The maximum absolute atomic E-state index is 11.6. The van der Waals surface area contributed by atoms with Crippen molar-refractivity contribution in [3.8, 4) is 17.4 Å². The summed E-state index contributed by atoms with van der Waals surface area (Å²) in [5.41, 5.74) is 6.73. The highest BCUT2D eigenvalue weighted by Gasteiger charge is 2.38. The van der Waals surface area contributed by atoms with Gasteiger partial charge in [0.15, 0.2) is 11.5 Å². The first-order valence-electron chi connectivity index (χ1n) is 10.6. The number of nitrogens with two attached hydrogens (primary N) is 1. The number of imidazole rings is 1. The molecule has 0 radical (unpaired) electrons. The van der Waals surface area contributed by atoms with E-state index in [0.717, 1.165) is 48.9 Å². The van der Waals surface area contributed by atoms with E-state index in [1.807, 2.05) is 18.3 Å². The zero-order chi connectivity index (χ0) is 21.9. The number of benzene rings is 1.